The first-order chi connectivity index (χ1) is 12.0. The van der Waals surface area contributed by atoms with Crippen LogP contribution in [0.2, 0.25) is 0 Å². The summed E-state index contributed by atoms with van der Waals surface area (Å²) in [7, 11) is 3.59. The van der Waals surface area contributed by atoms with Crippen LogP contribution in [-0.4, -0.2) is 17.6 Å². The molecule has 0 N–H and O–H groups in total. The van der Waals surface area contributed by atoms with Crippen LogP contribution in [0.15, 0.2) is 53.5 Å². The molecule has 0 saturated heterocycles. The lowest BCUT2D eigenvalue weighted by Gasteiger charge is -2.06. The lowest BCUT2D eigenvalue weighted by molar-refractivity contribution is 0.0998. The van der Waals surface area contributed by atoms with Crippen molar-refractivity contribution in [2.75, 3.05) is 7.11 Å². The summed E-state index contributed by atoms with van der Waals surface area (Å²) in [6, 6.07) is 15.4. The zero-order valence-corrected chi connectivity index (χ0v) is 15.6. The smallest absolute Gasteiger partial charge is 0.279 e. The average molecular weight is 352 g/mol. The SMILES string of the molecule is COc1ccc(-c2c(C)sc(=NC(=O)c3cccc(C)c3)n2C)cc1. The second kappa shape index (κ2) is 7.07. The second-order valence-corrected chi connectivity index (χ2v) is 7.05. The van der Waals surface area contributed by atoms with E-state index in [2.05, 4.69) is 4.99 Å². The van der Waals surface area contributed by atoms with Crippen LogP contribution < -0.4 is 9.54 Å². The first kappa shape index (κ1) is 17.2. The summed E-state index contributed by atoms with van der Waals surface area (Å²) in [6.07, 6.45) is 0. The summed E-state index contributed by atoms with van der Waals surface area (Å²) in [6.45, 7) is 4.01. The Morgan fingerprint density at radius 1 is 1.12 bits per heavy atom. The molecule has 0 aliphatic rings. The molecule has 0 saturated carbocycles. The molecule has 4 nitrogen and oxygen atoms in total. The van der Waals surface area contributed by atoms with Crippen LogP contribution in [-0.2, 0) is 7.05 Å². The highest BCUT2D eigenvalue weighted by Gasteiger charge is 2.12. The number of thiazole rings is 1. The molecule has 128 valence electrons. The number of carbonyl (C=O) groups excluding carboxylic acids is 1. The van der Waals surface area contributed by atoms with E-state index in [1.807, 2.05) is 67.9 Å². The Hall–Kier alpha value is -2.66. The largest absolute Gasteiger partial charge is 0.497 e. The van der Waals surface area contributed by atoms with Crippen molar-refractivity contribution in [2.24, 2.45) is 12.0 Å². The molecule has 0 aliphatic heterocycles. The highest BCUT2D eigenvalue weighted by molar-refractivity contribution is 7.09. The summed E-state index contributed by atoms with van der Waals surface area (Å²) < 4.78 is 7.18. The molecule has 0 spiro atoms. The van der Waals surface area contributed by atoms with Gasteiger partial charge in [0.05, 0.1) is 12.8 Å². The average Bonchev–Trinajstić information content (AvgIpc) is 2.88. The standard InChI is InChI=1S/C20H20N2O2S/c1-13-6-5-7-16(12-13)19(23)21-20-22(3)18(14(2)25-20)15-8-10-17(24-4)11-9-15/h5-12H,1-4H3. The third kappa shape index (κ3) is 3.56. The van der Waals surface area contributed by atoms with Crippen molar-refractivity contribution in [1.82, 2.24) is 4.57 Å². The maximum Gasteiger partial charge on any atom is 0.279 e. The number of aromatic nitrogens is 1. The van der Waals surface area contributed by atoms with Crippen LogP contribution in [0.4, 0.5) is 0 Å². The summed E-state index contributed by atoms with van der Waals surface area (Å²) >= 11 is 1.52. The van der Waals surface area contributed by atoms with Crippen molar-refractivity contribution in [2.45, 2.75) is 13.8 Å². The first-order valence-corrected chi connectivity index (χ1v) is 8.78. The van der Waals surface area contributed by atoms with Crippen molar-refractivity contribution in [1.29, 1.82) is 0 Å². The first-order valence-electron chi connectivity index (χ1n) is 7.96. The van der Waals surface area contributed by atoms with Gasteiger partial charge in [-0.15, -0.1) is 11.3 Å². The zero-order valence-electron chi connectivity index (χ0n) is 14.7. The molecule has 1 aromatic heterocycles. The minimum Gasteiger partial charge on any atom is -0.497 e. The summed E-state index contributed by atoms with van der Waals surface area (Å²) in [5, 5.41) is 0. The molecule has 5 heteroatoms. The molecular formula is C20H20N2O2S. The Morgan fingerprint density at radius 3 is 2.48 bits per heavy atom. The van der Waals surface area contributed by atoms with Gasteiger partial charge in [0, 0.05) is 17.5 Å². The molecule has 1 heterocycles. The maximum atomic E-state index is 12.5. The normalized spacial score (nSPS) is 11.6. The number of hydrogen-bond acceptors (Lipinski definition) is 3. The molecular weight excluding hydrogens is 332 g/mol. The van der Waals surface area contributed by atoms with Crippen LogP contribution in [0.5, 0.6) is 5.75 Å². The summed E-state index contributed by atoms with van der Waals surface area (Å²) in [5.74, 6) is 0.598. The van der Waals surface area contributed by atoms with Gasteiger partial charge >= 0.3 is 0 Å². The number of benzene rings is 2. The Bertz CT molecular complexity index is 982. The van der Waals surface area contributed by atoms with E-state index in [4.69, 9.17) is 4.74 Å². The highest BCUT2D eigenvalue weighted by Crippen LogP contribution is 2.26. The Morgan fingerprint density at radius 2 is 1.84 bits per heavy atom. The molecule has 0 bridgehead atoms. The topological polar surface area (TPSA) is 43.6 Å². The Kier molecular flexibility index (Phi) is 4.86. The molecule has 3 rings (SSSR count). The zero-order chi connectivity index (χ0) is 18.0. The van der Waals surface area contributed by atoms with Gasteiger partial charge in [-0.25, -0.2) is 0 Å². The van der Waals surface area contributed by atoms with Gasteiger partial charge in [0.25, 0.3) is 5.91 Å². The molecule has 0 unspecified atom stereocenters. The van der Waals surface area contributed by atoms with E-state index in [1.165, 1.54) is 11.3 Å². The van der Waals surface area contributed by atoms with E-state index >= 15 is 0 Å². The predicted octanol–water partition coefficient (Wildman–Crippen LogP) is 4.12. The van der Waals surface area contributed by atoms with Crippen molar-refractivity contribution in [3.8, 4) is 17.0 Å². The Balaban J connectivity index is 2.02. The van der Waals surface area contributed by atoms with Gasteiger partial charge in [-0.1, -0.05) is 17.7 Å². The number of rotatable bonds is 3. The van der Waals surface area contributed by atoms with E-state index in [0.29, 0.717) is 10.4 Å². The third-order valence-electron chi connectivity index (χ3n) is 4.03. The van der Waals surface area contributed by atoms with Gasteiger partial charge in [0.2, 0.25) is 0 Å². The quantitative estimate of drug-likeness (QED) is 0.712. The molecule has 0 aliphatic carbocycles. The maximum absolute atomic E-state index is 12.5. The van der Waals surface area contributed by atoms with Crippen LogP contribution in [0.25, 0.3) is 11.3 Å². The monoisotopic (exact) mass is 352 g/mol. The molecule has 25 heavy (non-hydrogen) atoms. The number of nitrogens with zero attached hydrogens (tertiary/aromatic N) is 2. The van der Waals surface area contributed by atoms with Crippen molar-refractivity contribution >= 4 is 17.2 Å². The summed E-state index contributed by atoms with van der Waals surface area (Å²) in [4.78, 5) is 18.6. The fourth-order valence-electron chi connectivity index (χ4n) is 2.76. The predicted molar refractivity (Wildman–Crippen MR) is 101 cm³/mol. The van der Waals surface area contributed by atoms with Gasteiger partial charge in [-0.3, -0.25) is 4.79 Å². The van der Waals surface area contributed by atoms with E-state index < -0.39 is 0 Å². The van der Waals surface area contributed by atoms with Crippen molar-refractivity contribution in [3.05, 3.63) is 69.3 Å². The summed E-state index contributed by atoms with van der Waals surface area (Å²) in [5.41, 5.74) is 3.79. The number of methoxy groups -OCH3 is 1. The van der Waals surface area contributed by atoms with E-state index in [0.717, 1.165) is 27.4 Å². The highest BCUT2D eigenvalue weighted by atomic mass is 32.1. The van der Waals surface area contributed by atoms with Gasteiger partial charge in [0.15, 0.2) is 4.80 Å². The minimum atomic E-state index is -0.221. The number of hydrogen-bond donors (Lipinski definition) is 0. The van der Waals surface area contributed by atoms with Gasteiger partial charge in [-0.2, -0.15) is 4.99 Å². The van der Waals surface area contributed by atoms with E-state index in [9.17, 15) is 4.79 Å². The fraction of sp³-hybridized carbons (Fsp3) is 0.200. The number of carbonyl (C=O) groups is 1. The third-order valence-corrected chi connectivity index (χ3v) is 5.07. The molecule has 0 fully saturated rings. The molecule has 2 aromatic carbocycles. The molecule has 1 amide bonds. The van der Waals surface area contributed by atoms with Crippen molar-refractivity contribution in [3.63, 3.8) is 0 Å². The van der Waals surface area contributed by atoms with Crippen molar-refractivity contribution < 1.29 is 9.53 Å². The number of amides is 1. The van der Waals surface area contributed by atoms with Gasteiger partial charge in [0.1, 0.15) is 5.75 Å². The van der Waals surface area contributed by atoms with Gasteiger partial charge in [-0.05, 0) is 55.8 Å². The number of ether oxygens (including phenoxy) is 1. The van der Waals surface area contributed by atoms with Crippen LogP contribution in [0.3, 0.4) is 0 Å². The molecule has 0 radical (unpaired) electrons. The number of aryl methyl sites for hydroxylation is 2. The molecule has 3 aromatic rings. The van der Waals surface area contributed by atoms with Crippen LogP contribution >= 0.6 is 11.3 Å². The fourth-order valence-corrected chi connectivity index (χ4v) is 3.74. The lowest BCUT2D eigenvalue weighted by Crippen LogP contribution is -2.14. The van der Waals surface area contributed by atoms with Crippen LogP contribution in [0.1, 0.15) is 20.8 Å². The van der Waals surface area contributed by atoms with E-state index in [1.54, 1.807) is 13.2 Å². The van der Waals surface area contributed by atoms with Gasteiger partial charge < -0.3 is 9.30 Å². The molecule has 0 atom stereocenters. The second-order valence-electron chi connectivity index (χ2n) is 5.86. The lowest BCUT2D eigenvalue weighted by atomic mass is 10.1. The Labute approximate surface area is 151 Å². The minimum absolute atomic E-state index is 0.221. The van der Waals surface area contributed by atoms with E-state index in [-0.39, 0.29) is 5.91 Å². The van der Waals surface area contributed by atoms with Crippen LogP contribution in [0, 0.1) is 13.8 Å².